The molecule has 0 aromatic heterocycles. The molecule has 0 spiro atoms. The Hall–Kier alpha value is -1.55. The van der Waals surface area contributed by atoms with Crippen LogP contribution in [-0.4, -0.2) is 24.7 Å². The van der Waals surface area contributed by atoms with E-state index in [0.717, 1.165) is 18.4 Å². The van der Waals surface area contributed by atoms with Crippen LogP contribution in [0.25, 0.3) is 0 Å². The number of benzene rings is 2. The van der Waals surface area contributed by atoms with Gasteiger partial charge in [0.1, 0.15) is 5.60 Å². The van der Waals surface area contributed by atoms with Crippen LogP contribution in [0.1, 0.15) is 49.7 Å². The lowest BCUT2D eigenvalue weighted by Crippen LogP contribution is -2.45. The van der Waals surface area contributed by atoms with E-state index in [1.165, 1.54) is 5.56 Å². The molecule has 1 amide bonds. The minimum atomic E-state index is -0.714. The van der Waals surface area contributed by atoms with Gasteiger partial charge < -0.3 is 10.1 Å². The first-order valence-electron chi connectivity index (χ1n) is 9.32. The number of ether oxygens (including phenoxy) is 1. The van der Waals surface area contributed by atoms with Crippen molar-refractivity contribution < 1.29 is 9.53 Å². The first kappa shape index (κ1) is 20.2. The van der Waals surface area contributed by atoms with E-state index < -0.39 is 5.60 Å². The van der Waals surface area contributed by atoms with Crippen LogP contribution in [-0.2, 0) is 9.53 Å². The molecule has 5 heteroatoms. The molecule has 2 aromatic rings. The zero-order valence-electron chi connectivity index (χ0n) is 15.7. The molecule has 3 rings (SSSR count). The molecule has 0 radical (unpaired) electrons. The highest BCUT2D eigenvalue weighted by molar-refractivity contribution is 6.30. The fourth-order valence-electron chi connectivity index (χ4n) is 3.64. The van der Waals surface area contributed by atoms with Gasteiger partial charge in [-0.15, -0.1) is 0 Å². The highest BCUT2D eigenvalue weighted by atomic mass is 35.5. The van der Waals surface area contributed by atoms with Gasteiger partial charge in [0.2, 0.25) is 0 Å². The van der Waals surface area contributed by atoms with Gasteiger partial charge in [0.05, 0.1) is 0 Å². The highest BCUT2D eigenvalue weighted by Gasteiger charge is 2.38. The number of carbonyl (C=O) groups excluding carboxylic acids is 1. The Balaban J connectivity index is 1.80. The van der Waals surface area contributed by atoms with Gasteiger partial charge in [-0.1, -0.05) is 54.4 Å². The second kappa shape index (κ2) is 8.64. The summed E-state index contributed by atoms with van der Waals surface area (Å²) in [5, 5.41) is 4.54. The molecule has 1 saturated heterocycles. The molecule has 1 N–H and O–H groups in total. The van der Waals surface area contributed by atoms with Crippen LogP contribution < -0.4 is 5.32 Å². The summed E-state index contributed by atoms with van der Waals surface area (Å²) in [4.78, 5) is 12.7. The van der Waals surface area contributed by atoms with Crippen LogP contribution in [0.15, 0.2) is 48.5 Å². The van der Waals surface area contributed by atoms with Crippen LogP contribution in [0.3, 0.4) is 0 Å². The summed E-state index contributed by atoms with van der Waals surface area (Å²) < 4.78 is 5.67. The Morgan fingerprint density at radius 1 is 1.07 bits per heavy atom. The summed E-state index contributed by atoms with van der Waals surface area (Å²) in [6.07, 6.45) is 1.68. The normalized spacial score (nSPS) is 21.6. The van der Waals surface area contributed by atoms with Crippen molar-refractivity contribution in [3.8, 4) is 0 Å². The van der Waals surface area contributed by atoms with Gasteiger partial charge >= 0.3 is 0 Å². The number of nitrogens with one attached hydrogen (secondary N) is 1. The zero-order valence-corrected chi connectivity index (χ0v) is 17.2. The number of halogens is 2. The summed E-state index contributed by atoms with van der Waals surface area (Å²) in [5.74, 6) is 0.265. The van der Waals surface area contributed by atoms with Crippen molar-refractivity contribution in [3.05, 3.63) is 69.7 Å². The third-order valence-corrected chi connectivity index (χ3v) is 5.98. The molecule has 0 bridgehead atoms. The van der Waals surface area contributed by atoms with Crippen molar-refractivity contribution in [2.24, 2.45) is 0 Å². The predicted molar refractivity (Wildman–Crippen MR) is 111 cm³/mol. The molecule has 1 aliphatic rings. The second-order valence-corrected chi connectivity index (χ2v) is 8.26. The number of amides is 1. The van der Waals surface area contributed by atoms with E-state index in [1.807, 2.05) is 55.5 Å². The summed E-state index contributed by atoms with van der Waals surface area (Å²) >= 11 is 12.1. The monoisotopic (exact) mass is 405 g/mol. The Bertz CT molecular complexity index is 768. The first-order chi connectivity index (χ1) is 12.9. The summed E-state index contributed by atoms with van der Waals surface area (Å²) in [6.45, 7) is 5.21. The maximum Gasteiger partial charge on any atom is 0.251 e. The Kier molecular flexibility index (Phi) is 6.46. The number of carbonyl (C=O) groups is 1. The van der Waals surface area contributed by atoms with Crippen molar-refractivity contribution in [2.75, 3.05) is 13.2 Å². The Morgan fingerprint density at radius 2 is 1.63 bits per heavy atom. The van der Waals surface area contributed by atoms with Gasteiger partial charge in [-0.3, -0.25) is 4.79 Å². The predicted octanol–water partition coefficient (Wildman–Crippen LogP) is 5.57. The zero-order chi connectivity index (χ0) is 19.4. The van der Waals surface area contributed by atoms with Gasteiger partial charge in [0.15, 0.2) is 0 Å². The minimum Gasteiger partial charge on any atom is -0.365 e. The van der Waals surface area contributed by atoms with Crippen molar-refractivity contribution >= 4 is 29.1 Å². The molecular formula is C22H25Cl2NO2. The topological polar surface area (TPSA) is 38.3 Å². The van der Waals surface area contributed by atoms with Crippen LogP contribution in [0.4, 0.5) is 0 Å². The van der Waals surface area contributed by atoms with Crippen LogP contribution in [0.2, 0.25) is 10.0 Å². The van der Waals surface area contributed by atoms with Crippen molar-refractivity contribution in [3.63, 3.8) is 0 Å². The number of hydrogen-bond donors (Lipinski definition) is 1. The van der Waals surface area contributed by atoms with Crippen molar-refractivity contribution in [2.45, 2.75) is 44.1 Å². The van der Waals surface area contributed by atoms with E-state index in [1.54, 1.807) is 0 Å². The number of rotatable bonds is 6. The smallest absolute Gasteiger partial charge is 0.251 e. The van der Waals surface area contributed by atoms with Crippen LogP contribution in [0, 0.1) is 0 Å². The van der Waals surface area contributed by atoms with Gasteiger partial charge in [-0.2, -0.15) is 0 Å². The maximum atomic E-state index is 12.7. The summed E-state index contributed by atoms with van der Waals surface area (Å²) in [7, 11) is 0. The van der Waals surface area contributed by atoms with Gasteiger partial charge in [0, 0.05) is 29.1 Å². The lowest BCUT2D eigenvalue weighted by molar-refractivity contribution is -0.139. The van der Waals surface area contributed by atoms with Crippen molar-refractivity contribution in [1.29, 1.82) is 0 Å². The van der Waals surface area contributed by atoms with E-state index in [4.69, 9.17) is 27.9 Å². The van der Waals surface area contributed by atoms with E-state index in [2.05, 4.69) is 12.2 Å². The average Bonchev–Trinajstić information content (AvgIpc) is 3.11. The summed E-state index contributed by atoms with van der Waals surface area (Å²) in [5.41, 5.74) is 1.60. The molecule has 3 unspecified atom stereocenters. The molecule has 144 valence electrons. The quantitative estimate of drug-likeness (QED) is 0.682. The average molecular weight is 406 g/mol. The Morgan fingerprint density at radius 3 is 2.15 bits per heavy atom. The molecule has 1 fully saturated rings. The SMILES string of the molecule is CC(c1ccc(Cl)cc1)C(CNC(=O)C1(C)CCCO1)c1ccc(Cl)cc1. The molecule has 1 aliphatic heterocycles. The largest absolute Gasteiger partial charge is 0.365 e. The highest BCUT2D eigenvalue weighted by Crippen LogP contribution is 2.34. The van der Waals surface area contributed by atoms with Crippen molar-refractivity contribution in [1.82, 2.24) is 5.32 Å². The van der Waals surface area contributed by atoms with Crippen LogP contribution >= 0.6 is 23.2 Å². The molecule has 3 nitrogen and oxygen atoms in total. The standard InChI is InChI=1S/C22H25Cl2NO2/c1-15(16-4-8-18(23)9-5-16)20(17-6-10-19(24)11-7-17)14-25-21(26)22(2)12-3-13-27-22/h4-11,15,20H,3,12-14H2,1-2H3,(H,25,26). The Labute approximate surface area is 171 Å². The van der Waals surface area contributed by atoms with Gasteiger partial charge in [-0.05, 0) is 61.1 Å². The second-order valence-electron chi connectivity index (χ2n) is 7.39. The molecule has 27 heavy (non-hydrogen) atoms. The van der Waals surface area contributed by atoms with Crippen LogP contribution in [0.5, 0.6) is 0 Å². The summed E-state index contributed by atoms with van der Waals surface area (Å²) in [6, 6.07) is 15.7. The first-order valence-corrected chi connectivity index (χ1v) is 10.1. The van der Waals surface area contributed by atoms with Gasteiger partial charge in [-0.25, -0.2) is 0 Å². The number of hydrogen-bond acceptors (Lipinski definition) is 2. The molecule has 2 aromatic carbocycles. The molecule has 1 heterocycles. The lowest BCUT2D eigenvalue weighted by atomic mass is 9.82. The van der Waals surface area contributed by atoms with E-state index in [9.17, 15) is 4.79 Å². The minimum absolute atomic E-state index is 0.0396. The third kappa shape index (κ3) is 4.84. The molecule has 3 atom stereocenters. The molecular weight excluding hydrogens is 381 g/mol. The van der Waals surface area contributed by atoms with E-state index >= 15 is 0 Å². The van der Waals surface area contributed by atoms with E-state index in [0.29, 0.717) is 23.2 Å². The molecule has 0 aliphatic carbocycles. The fourth-order valence-corrected chi connectivity index (χ4v) is 3.89. The fraction of sp³-hybridized carbons (Fsp3) is 0.409. The lowest BCUT2D eigenvalue weighted by Gasteiger charge is -2.28. The van der Waals surface area contributed by atoms with Gasteiger partial charge in [0.25, 0.3) is 5.91 Å². The molecule has 0 saturated carbocycles. The maximum absolute atomic E-state index is 12.7. The van der Waals surface area contributed by atoms with E-state index in [-0.39, 0.29) is 17.7 Å². The third-order valence-electron chi connectivity index (χ3n) is 5.48.